The fraction of sp³-hybridized carbons (Fsp3) is 0.750. The van der Waals surface area contributed by atoms with E-state index in [2.05, 4.69) is 15.9 Å². The molecule has 0 aromatic rings. The molecular formula is C4H5BrO2. The summed E-state index contributed by atoms with van der Waals surface area (Å²) < 4.78 is 4.83. The fourth-order valence-corrected chi connectivity index (χ4v) is 0.885. The summed E-state index contributed by atoms with van der Waals surface area (Å²) in [5.74, 6) is 0.153. The Morgan fingerprint density at radius 1 is 1.86 bits per heavy atom. The summed E-state index contributed by atoms with van der Waals surface area (Å²) in [6, 6.07) is 0. The van der Waals surface area contributed by atoms with Crippen LogP contribution >= 0.6 is 15.9 Å². The number of hydrogen-bond donors (Lipinski definition) is 0. The molecule has 1 atom stereocenters. The molecule has 1 saturated heterocycles. The Morgan fingerprint density at radius 3 is 2.71 bits per heavy atom. The van der Waals surface area contributed by atoms with Gasteiger partial charge < -0.3 is 4.74 Å². The van der Waals surface area contributed by atoms with E-state index in [0.29, 0.717) is 13.0 Å². The second-order valence-corrected chi connectivity index (χ2v) is 2.23. The van der Waals surface area contributed by atoms with Gasteiger partial charge in [-0.3, -0.25) is 4.79 Å². The van der Waals surface area contributed by atoms with Crippen LogP contribution in [0.3, 0.4) is 0 Å². The van der Waals surface area contributed by atoms with E-state index in [1.165, 1.54) is 0 Å². The van der Waals surface area contributed by atoms with E-state index in [9.17, 15) is 4.79 Å². The predicted molar refractivity (Wildman–Crippen MR) is 28.3 cm³/mol. The van der Waals surface area contributed by atoms with E-state index in [1.54, 1.807) is 0 Å². The van der Waals surface area contributed by atoms with Crippen molar-refractivity contribution >= 4 is 21.7 Å². The molecule has 2 nitrogen and oxygen atoms in total. The Labute approximate surface area is 50.0 Å². The van der Waals surface area contributed by atoms with Crippen LogP contribution in [0.25, 0.3) is 0 Å². The lowest BCUT2D eigenvalue weighted by atomic mass is 10.4. The Morgan fingerprint density at radius 2 is 2.57 bits per heavy atom. The molecular weight excluding hydrogens is 160 g/mol. The number of carbonyl (C=O) groups excluding carboxylic acids is 1. The van der Waals surface area contributed by atoms with Gasteiger partial charge in [-0.25, -0.2) is 0 Å². The van der Waals surface area contributed by atoms with Crippen LogP contribution in [0.15, 0.2) is 0 Å². The first-order valence-corrected chi connectivity index (χ1v) is 3.00. The first-order valence-electron chi connectivity index (χ1n) is 2.09. The van der Waals surface area contributed by atoms with E-state index >= 15 is 0 Å². The van der Waals surface area contributed by atoms with Gasteiger partial charge in [0.25, 0.3) is 0 Å². The minimum atomic E-state index is -0.313. The number of ether oxygens (including phenoxy) is 1. The maximum absolute atomic E-state index is 10.4. The lowest BCUT2D eigenvalue weighted by Gasteiger charge is -1.91. The molecule has 0 radical (unpaired) electrons. The molecule has 0 aromatic heterocycles. The number of hydrogen-bond acceptors (Lipinski definition) is 2. The zero-order valence-corrected chi connectivity index (χ0v) is 5.27. The summed E-state index contributed by atoms with van der Waals surface area (Å²) in [7, 11) is 0. The number of rotatable bonds is 0. The fourth-order valence-electron chi connectivity index (χ4n) is 0.469. The average Bonchev–Trinajstić information content (AvgIpc) is 1.91. The monoisotopic (exact) mass is 164 g/mol. The first kappa shape index (κ1) is 5.25. The molecule has 0 aliphatic carbocycles. The zero-order chi connectivity index (χ0) is 5.28. The zero-order valence-electron chi connectivity index (χ0n) is 3.69. The standard InChI is InChI=1S/C4H5BrO2/c5-4-3(6)1-2-7-4/h4H,1-2H2/t4-/m1/s1. The Bertz CT molecular complexity index is 91.7. The summed E-state index contributed by atoms with van der Waals surface area (Å²) in [5.41, 5.74) is 0. The van der Waals surface area contributed by atoms with Crippen LogP contribution in [0.2, 0.25) is 0 Å². The SMILES string of the molecule is O=C1CCO[C@H]1Br. The normalized spacial score (nSPS) is 31.6. The van der Waals surface area contributed by atoms with Crippen molar-refractivity contribution in [3.8, 4) is 0 Å². The molecule has 1 rings (SSSR count). The Hall–Kier alpha value is 0.110. The molecule has 1 fully saturated rings. The number of halogens is 1. The van der Waals surface area contributed by atoms with Gasteiger partial charge in [-0.2, -0.15) is 0 Å². The highest BCUT2D eigenvalue weighted by Crippen LogP contribution is 2.12. The molecule has 3 heteroatoms. The van der Waals surface area contributed by atoms with Crippen molar-refractivity contribution in [3.05, 3.63) is 0 Å². The van der Waals surface area contributed by atoms with Crippen LogP contribution in [0.4, 0.5) is 0 Å². The number of Topliss-reactive ketones (excluding diaryl/α,β-unsaturated/α-hetero) is 1. The summed E-state index contributed by atoms with van der Waals surface area (Å²) >= 11 is 3.03. The molecule has 0 saturated carbocycles. The topological polar surface area (TPSA) is 26.3 Å². The van der Waals surface area contributed by atoms with Crippen molar-refractivity contribution in [2.45, 2.75) is 11.4 Å². The molecule has 1 heterocycles. The van der Waals surface area contributed by atoms with Gasteiger partial charge in [-0.1, -0.05) is 0 Å². The van der Waals surface area contributed by atoms with Gasteiger partial charge in [0.15, 0.2) is 10.8 Å². The Balaban J connectivity index is 2.48. The smallest absolute Gasteiger partial charge is 0.174 e. The van der Waals surface area contributed by atoms with E-state index < -0.39 is 0 Å². The molecule has 7 heavy (non-hydrogen) atoms. The molecule has 0 aromatic carbocycles. The van der Waals surface area contributed by atoms with E-state index in [0.717, 1.165) is 0 Å². The summed E-state index contributed by atoms with van der Waals surface area (Å²) in [6.07, 6.45) is 0.565. The van der Waals surface area contributed by atoms with Crippen molar-refractivity contribution in [1.82, 2.24) is 0 Å². The summed E-state index contributed by atoms with van der Waals surface area (Å²) in [5, 5.41) is -0.313. The number of ketones is 1. The van der Waals surface area contributed by atoms with Gasteiger partial charge >= 0.3 is 0 Å². The van der Waals surface area contributed by atoms with Gasteiger partial charge in [0, 0.05) is 6.42 Å². The minimum Gasteiger partial charge on any atom is -0.359 e. The van der Waals surface area contributed by atoms with Crippen LogP contribution in [0.5, 0.6) is 0 Å². The molecule has 0 unspecified atom stereocenters. The van der Waals surface area contributed by atoms with Crippen molar-refractivity contribution < 1.29 is 9.53 Å². The molecule has 40 valence electrons. The van der Waals surface area contributed by atoms with Crippen LogP contribution in [-0.2, 0) is 9.53 Å². The second-order valence-electron chi connectivity index (χ2n) is 1.40. The largest absolute Gasteiger partial charge is 0.359 e. The number of carbonyl (C=O) groups is 1. The molecule has 0 spiro atoms. The molecule has 1 aliphatic heterocycles. The van der Waals surface area contributed by atoms with E-state index in [-0.39, 0.29) is 10.8 Å². The van der Waals surface area contributed by atoms with Gasteiger partial charge in [-0.05, 0) is 15.9 Å². The third-order valence-corrected chi connectivity index (χ3v) is 1.64. The molecule has 0 amide bonds. The highest BCUT2D eigenvalue weighted by molar-refractivity contribution is 9.09. The van der Waals surface area contributed by atoms with Gasteiger partial charge in [0.2, 0.25) is 0 Å². The van der Waals surface area contributed by atoms with E-state index in [4.69, 9.17) is 4.74 Å². The predicted octanol–water partition coefficient (Wildman–Crippen LogP) is 0.697. The summed E-state index contributed by atoms with van der Waals surface area (Å²) in [4.78, 5) is 10.4. The quantitative estimate of drug-likeness (QED) is 0.493. The minimum absolute atomic E-state index is 0.153. The van der Waals surface area contributed by atoms with Crippen LogP contribution in [0, 0.1) is 0 Å². The average molecular weight is 165 g/mol. The first-order chi connectivity index (χ1) is 3.30. The van der Waals surface area contributed by atoms with Crippen LogP contribution < -0.4 is 0 Å². The van der Waals surface area contributed by atoms with Crippen LogP contribution in [-0.4, -0.2) is 17.4 Å². The van der Waals surface area contributed by atoms with Crippen molar-refractivity contribution in [3.63, 3.8) is 0 Å². The van der Waals surface area contributed by atoms with E-state index in [1.807, 2.05) is 0 Å². The number of alkyl halides is 1. The third-order valence-electron chi connectivity index (χ3n) is 0.866. The molecule has 1 aliphatic rings. The van der Waals surface area contributed by atoms with Crippen molar-refractivity contribution in [1.29, 1.82) is 0 Å². The lowest BCUT2D eigenvalue weighted by Crippen LogP contribution is -2.03. The highest BCUT2D eigenvalue weighted by atomic mass is 79.9. The summed E-state index contributed by atoms with van der Waals surface area (Å²) in [6.45, 7) is 0.578. The van der Waals surface area contributed by atoms with Crippen molar-refractivity contribution in [2.75, 3.05) is 6.61 Å². The highest BCUT2D eigenvalue weighted by Gasteiger charge is 2.20. The maximum Gasteiger partial charge on any atom is 0.174 e. The van der Waals surface area contributed by atoms with Gasteiger partial charge in [-0.15, -0.1) is 0 Å². The maximum atomic E-state index is 10.4. The lowest BCUT2D eigenvalue weighted by molar-refractivity contribution is -0.118. The molecule has 0 N–H and O–H groups in total. The van der Waals surface area contributed by atoms with Gasteiger partial charge in [0.1, 0.15) is 0 Å². The second kappa shape index (κ2) is 1.92. The van der Waals surface area contributed by atoms with Crippen LogP contribution in [0.1, 0.15) is 6.42 Å². The van der Waals surface area contributed by atoms with Gasteiger partial charge in [0.05, 0.1) is 6.61 Å². The Kier molecular flexibility index (Phi) is 1.44. The molecule has 0 bridgehead atoms. The third kappa shape index (κ3) is 1.01. The van der Waals surface area contributed by atoms with Crippen molar-refractivity contribution in [2.24, 2.45) is 0 Å².